The van der Waals surface area contributed by atoms with E-state index in [-0.39, 0.29) is 5.75 Å². The minimum atomic E-state index is 0.0939. The number of nitrogens with zero attached hydrogens (tertiary/aromatic N) is 2. The molecule has 5 nitrogen and oxygen atoms in total. The maximum atomic E-state index is 10.3. The molecule has 3 aromatic carbocycles. The molecule has 0 aromatic heterocycles. The molecule has 0 aliphatic rings. The molecule has 0 spiro atoms. The summed E-state index contributed by atoms with van der Waals surface area (Å²) in [6, 6.07) is 10.8. The van der Waals surface area contributed by atoms with Gasteiger partial charge in [-0.05, 0) is 84.6 Å². The zero-order valence-electron chi connectivity index (χ0n) is 14.8. The molecule has 0 saturated heterocycles. The number of hydrogen-bond donors (Lipinski definition) is 2. The van der Waals surface area contributed by atoms with E-state index in [9.17, 15) is 5.11 Å². The van der Waals surface area contributed by atoms with Gasteiger partial charge in [0.1, 0.15) is 17.2 Å². The molecule has 0 radical (unpaired) electrons. The molecule has 0 atom stereocenters. The monoisotopic (exact) mass is 335 g/mol. The van der Waals surface area contributed by atoms with Gasteiger partial charge in [0.15, 0.2) is 0 Å². The van der Waals surface area contributed by atoms with E-state index in [2.05, 4.69) is 10.2 Å². The summed E-state index contributed by atoms with van der Waals surface area (Å²) in [5.74, 6) is 0.848. The Morgan fingerprint density at radius 1 is 0.880 bits per heavy atom. The number of phenols is 1. The fraction of sp³-hybridized carbons (Fsp3) is 0.200. The van der Waals surface area contributed by atoms with Crippen molar-refractivity contribution in [1.82, 2.24) is 0 Å². The molecule has 0 aliphatic carbocycles. The average Bonchev–Trinajstić information content (AvgIpc) is 2.63. The number of aryl methyl sites for hydroxylation is 2. The molecule has 128 valence electrons. The summed E-state index contributed by atoms with van der Waals surface area (Å²) in [5, 5.41) is 20.7. The Labute approximate surface area is 146 Å². The summed E-state index contributed by atoms with van der Waals surface area (Å²) in [6.45, 7) is 5.97. The van der Waals surface area contributed by atoms with Gasteiger partial charge in [0.25, 0.3) is 0 Å². The van der Waals surface area contributed by atoms with Gasteiger partial charge in [0.05, 0.1) is 12.8 Å². The average molecular weight is 335 g/mol. The van der Waals surface area contributed by atoms with Crippen LogP contribution >= 0.6 is 0 Å². The molecule has 3 N–H and O–H groups in total. The fourth-order valence-electron chi connectivity index (χ4n) is 2.87. The second-order valence-electron chi connectivity index (χ2n) is 6.07. The normalized spacial score (nSPS) is 11.4. The minimum absolute atomic E-state index is 0.0939. The van der Waals surface area contributed by atoms with E-state index >= 15 is 0 Å². The summed E-state index contributed by atoms with van der Waals surface area (Å²) in [7, 11) is 1.61. The first-order valence-corrected chi connectivity index (χ1v) is 8.00. The quantitative estimate of drug-likeness (QED) is 0.491. The molecule has 3 aromatic rings. The molecule has 0 aliphatic heterocycles. The van der Waals surface area contributed by atoms with Gasteiger partial charge in [-0.25, -0.2) is 0 Å². The summed E-state index contributed by atoms with van der Waals surface area (Å²) < 4.78 is 5.12. The molecule has 25 heavy (non-hydrogen) atoms. The van der Waals surface area contributed by atoms with Crippen LogP contribution in [-0.2, 0) is 0 Å². The number of rotatable bonds is 3. The van der Waals surface area contributed by atoms with Crippen molar-refractivity contribution in [2.75, 3.05) is 12.8 Å². The smallest absolute Gasteiger partial charge is 0.143 e. The summed E-state index contributed by atoms with van der Waals surface area (Å²) in [6.07, 6.45) is 0. The van der Waals surface area contributed by atoms with Crippen molar-refractivity contribution in [3.63, 3.8) is 0 Å². The first kappa shape index (κ1) is 16.8. The van der Waals surface area contributed by atoms with Crippen LogP contribution in [0.4, 0.5) is 17.1 Å². The number of benzene rings is 3. The summed E-state index contributed by atoms with van der Waals surface area (Å²) in [5.41, 5.74) is 11.1. The molecule has 0 amide bonds. The number of phenolic OH excluding ortho intramolecular Hbond substituents is 1. The number of hydrogen-bond acceptors (Lipinski definition) is 5. The first-order chi connectivity index (χ1) is 11.9. The van der Waals surface area contributed by atoms with Gasteiger partial charge < -0.3 is 15.6 Å². The van der Waals surface area contributed by atoms with Gasteiger partial charge in [0.2, 0.25) is 0 Å². The van der Waals surface area contributed by atoms with Crippen LogP contribution < -0.4 is 10.5 Å². The van der Waals surface area contributed by atoms with Crippen molar-refractivity contribution < 1.29 is 9.84 Å². The summed E-state index contributed by atoms with van der Waals surface area (Å²) >= 11 is 0. The van der Waals surface area contributed by atoms with Crippen LogP contribution in [0.1, 0.15) is 16.7 Å². The molecule has 5 heteroatoms. The Bertz CT molecular complexity index is 977. The SMILES string of the molecule is COc1ccc(N=Nc2cc3c(C)c(N)c(C)c(C)c3cc2O)cc1. The number of aromatic hydroxyl groups is 1. The number of nitrogen functional groups attached to an aromatic ring is 1. The number of fused-ring (bicyclic) bond motifs is 1. The van der Waals surface area contributed by atoms with Gasteiger partial charge in [-0.3, -0.25) is 0 Å². The zero-order chi connectivity index (χ0) is 18.1. The number of azo groups is 1. The molecule has 0 bridgehead atoms. The third-order valence-electron chi connectivity index (χ3n) is 4.64. The van der Waals surface area contributed by atoms with Crippen LogP contribution in [0, 0.1) is 20.8 Å². The lowest BCUT2D eigenvalue weighted by Crippen LogP contribution is -1.98. The van der Waals surface area contributed by atoms with E-state index in [0.717, 1.165) is 38.9 Å². The van der Waals surface area contributed by atoms with Crippen molar-refractivity contribution >= 4 is 27.8 Å². The van der Waals surface area contributed by atoms with Crippen molar-refractivity contribution in [2.24, 2.45) is 10.2 Å². The lowest BCUT2D eigenvalue weighted by atomic mass is 9.94. The van der Waals surface area contributed by atoms with E-state index in [0.29, 0.717) is 11.4 Å². The Kier molecular flexibility index (Phi) is 4.31. The van der Waals surface area contributed by atoms with Crippen LogP contribution in [0.3, 0.4) is 0 Å². The lowest BCUT2D eigenvalue weighted by molar-refractivity contribution is 0.415. The van der Waals surface area contributed by atoms with Crippen molar-refractivity contribution in [1.29, 1.82) is 0 Å². The number of ether oxygens (including phenoxy) is 1. The standard InChI is InChI=1S/C20H21N3O2/c1-11-12(2)20(21)13(3)16-9-18(19(24)10-17(11)16)23-22-14-5-7-15(25-4)8-6-14/h5-10,24H,21H2,1-4H3. The number of anilines is 1. The predicted octanol–water partition coefficient (Wildman–Crippen LogP) is 5.48. The van der Waals surface area contributed by atoms with Crippen LogP contribution in [-0.4, -0.2) is 12.2 Å². The fourth-order valence-corrected chi connectivity index (χ4v) is 2.87. The van der Waals surface area contributed by atoms with Crippen molar-refractivity contribution in [2.45, 2.75) is 20.8 Å². The van der Waals surface area contributed by atoms with Crippen LogP contribution in [0.5, 0.6) is 11.5 Å². The van der Waals surface area contributed by atoms with Gasteiger partial charge in [0, 0.05) is 5.69 Å². The topological polar surface area (TPSA) is 80.2 Å². The number of methoxy groups -OCH3 is 1. The minimum Gasteiger partial charge on any atom is -0.506 e. The lowest BCUT2D eigenvalue weighted by Gasteiger charge is -2.14. The van der Waals surface area contributed by atoms with Crippen LogP contribution in [0.25, 0.3) is 10.8 Å². The third kappa shape index (κ3) is 3.01. The molecular formula is C20H21N3O2. The molecule has 0 unspecified atom stereocenters. The van der Waals surface area contributed by atoms with E-state index in [1.54, 1.807) is 25.3 Å². The number of nitrogens with two attached hydrogens (primary N) is 1. The van der Waals surface area contributed by atoms with Gasteiger partial charge >= 0.3 is 0 Å². The highest BCUT2D eigenvalue weighted by Crippen LogP contribution is 2.38. The molecule has 3 rings (SSSR count). The van der Waals surface area contributed by atoms with E-state index in [4.69, 9.17) is 10.5 Å². The molecular weight excluding hydrogens is 314 g/mol. The Morgan fingerprint density at radius 3 is 2.16 bits per heavy atom. The van der Waals surface area contributed by atoms with E-state index in [1.807, 2.05) is 39.0 Å². The highest BCUT2D eigenvalue weighted by molar-refractivity contribution is 5.97. The zero-order valence-corrected chi connectivity index (χ0v) is 14.8. The van der Waals surface area contributed by atoms with E-state index in [1.165, 1.54) is 0 Å². The Balaban J connectivity index is 2.07. The Morgan fingerprint density at radius 2 is 1.52 bits per heavy atom. The van der Waals surface area contributed by atoms with Crippen molar-refractivity contribution in [3.8, 4) is 11.5 Å². The Hall–Kier alpha value is -3.08. The second kappa shape index (κ2) is 6.43. The van der Waals surface area contributed by atoms with Crippen molar-refractivity contribution in [3.05, 3.63) is 53.1 Å². The summed E-state index contributed by atoms with van der Waals surface area (Å²) in [4.78, 5) is 0. The maximum Gasteiger partial charge on any atom is 0.143 e. The van der Waals surface area contributed by atoms with Gasteiger partial charge in [-0.2, -0.15) is 5.11 Å². The van der Waals surface area contributed by atoms with Gasteiger partial charge in [-0.1, -0.05) is 0 Å². The maximum absolute atomic E-state index is 10.3. The van der Waals surface area contributed by atoms with Crippen LogP contribution in [0.2, 0.25) is 0 Å². The van der Waals surface area contributed by atoms with Crippen LogP contribution in [0.15, 0.2) is 46.6 Å². The molecule has 0 heterocycles. The van der Waals surface area contributed by atoms with E-state index < -0.39 is 0 Å². The largest absolute Gasteiger partial charge is 0.506 e. The first-order valence-electron chi connectivity index (χ1n) is 8.00. The molecule has 0 saturated carbocycles. The highest BCUT2D eigenvalue weighted by Gasteiger charge is 2.13. The second-order valence-corrected chi connectivity index (χ2v) is 6.07. The highest BCUT2D eigenvalue weighted by atomic mass is 16.5. The van der Waals surface area contributed by atoms with Gasteiger partial charge in [-0.15, -0.1) is 5.11 Å². The molecule has 0 fully saturated rings. The third-order valence-corrected chi connectivity index (χ3v) is 4.64. The predicted molar refractivity (Wildman–Crippen MR) is 101 cm³/mol.